The molecule has 2 rings (SSSR count). The van der Waals surface area contributed by atoms with Crippen molar-refractivity contribution in [2.24, 2.45) is 5.41 Å². The first kappa shape index (κ1) is 16.9. The number of thioether (sulfide) groups is 1. The van der Waals surface area contributed by atoms with E-state index in [-0.39, 0.29) is 22.6 Å². The molecule has 0 radical (unpaired) electrons. The summed E-state index contributed by atoms with van der Waals surface area (Å²) in [5.41, 5.74) is 1.11. The van der Waals surface area contributed by atoms with Gasteiger partial charge in [0, 0.05) is 12.3 Å². The van der Waals surface area contributed by atoms with E-state index in [2.05, 4.69) is 32.0 Å². The van der Waals surface area contributed by atoms with Crippen molar-refractivity contribution in [3.63, 3.8) is 0 Å². The van der Waals surface area contributed by atoms with E-state index in [1.807, 2.05) is 25.1 Å². The number of nitriles is 1. The molecule has 0 aliphatic carbocycles. The molecular weight excluding hydrogens is 292 g/mol. The van der Waals surface area contributed by atoms with Crippen molar-refractivity contribution < 1.29 is 4.79 Å². The van der Waals surface area contributed by atoms with Crippen molar-refractivity contribution in [3.8, 4) is 6.07 Å². The summed E-state index contributed by atoms with van der Waals surface area (Å²) < 4.78 is 0. The average Bonchev–Trinajstić information content (AvgIpc) is 2.51. The molecule has 2 atom stereocenters. The normalized spacial score (nSPS) is 21.9. The van der Waals surface area contributed by atoms with Gasteiger partial charge >= 0.3 is 0 Å². The number of nitrogens with zero attached hydrogens (tertiary/aromatic N) is 2. The third-order valence-corrected chi connectivity index (χ3v) is 5.57. The molecule has 0 spiro atoms. The molecule has 0 N–H and O–H groups in total. The molecule has 1 aliphatic heterocycles. The lowest BCUT2D eigenvalue weighted by molar-refractivity contribution is -0.135. The van der Waals surface area contributed by atoms with E-state index in [4.69, 9.17) is 0 Å². The fourth-order valence-corrected chi connectivity index (χ4v) is 3.89. The number of rotatable bonds is 4. The van der Waals surface area contributed by atoms with Crippen molar-refractivity contribution in [1.82, 2.24) is 4.90 Å². The first-order chi connectivity index (χ1) is 10.5. The van der Waals surface area contributed by atoms with E-state index in [1.165, 1.54) is 5.56 Å². The summed E-state index contributed by atoms with van der Waals surface area (Å²) in [7, 11) is 0. The highest BCUT2D eigenvalue weighted by Gasteiger charge is 2.41. The molecule has 1 aromatic rings. The van der Waals surface area contributed by atoms with Gasteiger partial charge in [0.2, 0.25) is 5.91 Å². The van der Waals surface area contributed by atoms with Gasteiger partial charge in [-0.3, -0.25) is 4.79 Å². The Kier molecular flexibility index (Phi) is 5.52. The Labute approximate surface area is 137 Å². The molecule has 3 nitrogen and oxygen atoms in total. The smallest absolute Gasteiger partial charge is 0.236 e. The number of hydrogen-bond acceptors (Lipinski definition) is 3. The first-order valence-electron chi connectivity index (χ1n) is 7.81. The molecule has 118 valence electrons. The van der Waals surface area contributed by atoms with E-state index >= 15 is 0 Å². The minimum atomic E-state index is -0.312. The van der Waals surface area contributed by atoms with Gasteiger partial charge in [-0.25, -0.2) is 0 Å². The van der Waals surface area contributed by atoms with Gasteiger partial charge in [0.05, 0.1) is 11.3 Å². The van der Waals surface area contributed by atoms with E-state index in [0.717, 1.165) is 18.6 Å². The minimum Gasteiger partial charge on any atom is -0.325 e. The van der Waals surface area contributed by atoms with Crippen LogP contribution in [0, 0.1) is 16.7 Å². The summed E-state index contributed by atoms with van der Waals surface area (Å²) >= 11 is 1.64. The van der Waals surface area contributed by atoms with Crippen LogP contribution in [0.5, 0.6) is 0 Å². The number of carbonyl (C=O) groups is 1. The Hall–Kier alpha value is -1.47. The van der Waals surface area contributed by atoms with E-state index in [1.54, 1.807) is 16.7 Å². The molecular formula is C18H24N2OS. The van der Waals surface area contributed by atoms with Crippen LogP contribution in [0.4, 0.5) is 0 Å². The van der Waals surface area contributed by atoms with Crippen LogP contribution in [0.3, 0.4) is 0 Å². The van der Waals surface area contributed by atoms with Crippen LogP contribution in [0.2, 0.25) is 0 Å². The number of likely N-dealkylation sites (tertiary alicyclic amines) is 1. The zero-order chi connectivity index (χ0) is 16.2. The fourth-order valence-electron chi connectivity index (χ4n) is 2.97. The van der Waals surface area contributed by atoms with Crippen molar-refractivity contribution >= 4 is 17.7 Å². The van der Waals surface area contributed by atoms with Crippen molar-refractivity contribution in [2.75, 3.05) is 6.54 Å². The van der Waals surface area contributed by atoms with Gasteiger partial charge in [-0.15, -0.1) is 11.8 Å². The SMILES string of the molecule is C[C@H](SCc1ccccc1)C(=O)N1CCCC(C)(C)[C@H]1C#N. The maximum Gasteiger partial charge on any atom is 0.236 e. The molecule has 4 heteroatoms. The zero-order valence-corrected chi connectivity index (χ0v) is 14.4. The van der Waals surface area contributed by atoms with Crippen LogP contribution < -0.4 is 0 Å². The maximum absolute atomic E-state index is 12.7. The van der Waals surface area contributed by atoms with E-state index in [9.17, 15) is 10.1 Å². The molecule has 1 heterocycles. The van der Waals surface area contributed by atoms with Gasteiger partial charge in [-0.05, 0) is 30.7 Å². The topological polar surface area (TPSA) is 44.1 Å². The monoisotopic (exact) mass is 316 g/mol. The molecule has 1 saturated heterocycles. The Morgan fingerprint density at radius 1 is 1.45 bits per heavy atom. The molecule has 0 aromatic heterocycles. The maximum atomic E-state index is 12.7. The lowest BCUT2D eigenvalue weighted by Gasteiger charge is -2.43. The molecule has 22 heavy (non-hydrogen) atoms. The standard InChI is InChI=1S/C18H24N2OS/c1-14(22-13-15-8-5-4-6-9-15)17(21)20-11-7-10-18(2,3)16(20)12-19/h4-6,8-9,14,16H,7,10-11,13H2,1-3H3/t14-,16+/m0/s1. The molecule has 0 unspecified atom stereocenters. The number of amides is 1. The molecule has 1 fully saturated rings. The van der Waals surface area contributed by atoms with Crippen molar-refractivity contribution in [2.45, 2.75) is 50.7 Å². The van der Waals surface area contributed by atoms with Gasteiger partial charge < -0.3 is 4.90 Å². The minimum absolute atomic E-state index is 0.0975. The van der Waals surface area contributed by atoms with Gasteiger partial charge in [0.15, 0.2) is 0 Å². The van der Waals surface area contributed by atoms with Gasteiger partial charge in [-0.1, -0.05) is 44.2 Å². The Morgan fingerprint density at radius 2 is 2.14 bits per heavy atom. The second kappa shape index (κ2) is 7.19. The lowest BCUT2D eigenvalue weighted by Crippen LogP contribution is -2.53. The number of carbonyl (C=O) groups excluding carboxylic acids is 1. The van der Waals surface area contributed by atoms with Crippen LogP contribution in [-0.4, -0.2) is 28.6 Å². The van der Waals surface area contributed by atoms with Crippen LogP contribution in [-0.2, 0) is 10.5 Å². The predicted molar refractivity (Wildman–Crippen MR) is 91.3 cm³/mol. The number of piperidine rings is 1. The number of hydrogen-bond donors (Lipinski definition) is 0. The quantitative estimate of drug-likeness (QED) is 0.847. The van der Waals surface area contributed by atoms with Crippen LogP contribution in [0.15, 0.2) is 30.3 Å². The molecule has 1 aliphatic rings. The molecule has 1 amide bonds. The summed E-state index contributed by atoms with van der Waals surface area (Å²) in [6, 6.07) is 12.2. The Balaban J connectivity index is 1.99. The first-order valence-corrected chi connectivity index (χ1v) is 8.86. The second-order valence-corrected chi connectivity index (χ2v) is 7.92. The van der Waals surface area contributed by atoms with E-state index < -0.39 is 0 Å². The highest BCUT2D eigenvalue weighted by Crippen LogP contribution is 2.35. The van der Waals surface area contributed by atoms with Crippen molar-refractivity contribution in [3.05, 3.63) is 35.9 Å². The van der Waals surface area contributed by atoms with Crippen LogP contribution >= 0.6 is 11.8 Å². The third kappa shape index (κ3) is 3.84. The highest BCUT2D eigenvalue weighted by molar-refractivity contribution is 7.99. The molecule has 0 saturated carbocycles. The largest absolute Gasteiger partial charge is 0.325 e. The Morgan fingerprint density at radius 3 is 2.77 bits per heavy atom. The zero-order valence-electron chi connectivity index (χ0n) is 13.6. The average molecular weight is 316 g/mol. The molecule has 1 aromatic carbocycles. The van der Waals surface area contributed by atoms with Crippen LogP contribution in [0.25, 0.3) is 0 Å². The summed E-state index contributed by atoms with van der Waals surface area (Å²) in [6.45, 7) is 6.83. The van der Waals surface area contributed by atoms with Crippen molar-refractivity contribution in [1.29, 1.82) is 5.26 Å². The second-order valence-electron chi connectivity index (χ2n) is 6.59. The van der Waals surface area contributed by atoms with Gasteiger partial charge in [0.25, 0.3) is 0 Å². The van der Waals surface area contributed by atoms with Crippen LogP contribution in [0.1, 0.15) is 39.2 Å². The fraction of sp³-hybridized carbons (Fsp3) is 0.556. The lowest BCUT2D eigenvalue weighted by atomic mass is 9.77. The predicted octanol–water partition coefficient (Wildman–Crippen LogP) is 3.85. The summed E-state index contributed by atoms with van der Waals surface area (Å²) in [6.07, 6.45) is 1.98. The molecule has 0 bridgehead atoms. The van der Waals surface area contributed by atoms with Gasteiger partial charge in [-0.2, -0.15) is 5.26 Å². The summed E-state index contributed by atoms with van der Waals surface area (Å²) in [4.78, 5) is 14.5. The van der Waals surface area contributed by atoms with E-state index in [0.29, 0.717) is 6.54 Å². The Bertz CT molecular complexity index is 550. The highest BCUT2D eigenvalue weighted by atomic mass is 32.2. The number of benzene rings is 1. The summed E-state index contributed by atoms with van der Waals surface area (Å²) in [5.74, 6) is 0.919. The summed E-state index contributed by atoms with van der Waals surface area (Å²) in [5, 5.41) is 9.36. The van der Waals surface area contributed by atoms with Gasteiger partial charge in [0.1, 0.15) is 6.04 Å². The third-order valence-electron chi connectivity index (χ3n) is 4.37.